The van der Waals surface area contributed by atoms with Crippen LogP contribution in [-0.2, 0) is 4.74 Å². The zero-order valence-electron chi connectivity index (χ0n) is 8.11. The zero-order chi connectivity index (χ0) is 9.36. The Morgan fingerprint density at radius 1 is 1.07 bits per heavy atom. The minimum absolute atomic E-state index is 0. The third kappa shape index (κ3) is 5.45. The molecule has 0 bridgehead atoms. The van der Waals surface area contributed by atoms with Crippen molar-refractivity contribution in [1.29, 1.82) is 0 Å². The third-order valence-electron chi connectivity index (χ3n) is 1.76. The number of hydrogen-bond donors (Lipinski definition) is 0. The third-order valence-corrected chi connectivity index (χ3v) is 1.76. The standard InChI is InChI=1S/C7H6O.C4H8O.H2O/c8-6-7-4-2-1-3-5-7;1-2-4-5-3-1;/h1-6H;1-4H2;1H2. The molecule has 0 radical (unpaired) electrons. The number of carbonyl (C=O) groups excluding carboxylic acids is 1. The van der Waals surface area contributed by atoms with Gasteiger partial charge in [-0.15, -0.1) is 0 Å². The summed E-state index contributed by atoms with van der Waals surface area (Å²) >= 11 is 0. The Kier molecular flexibility index (Phi) is 7.70. The zero-order valence-corrected chi connectivity index (χ0v) is 8.11. The maximum Gasteiger partial charge on any atom is 0.150 e. The smallest absolute Gasteiger partial charge is 0.150 e. The fourth-order valence-corrected chi connectivity index (χ4v) is 1.04. The van der Waals surface area contributed by atoms with Crippen molar-refractivity contribution in [2.24, 2.45) is 0 Å². The molecule has 1 aliphatic heterocycles. The molecule has 0 atom stereocenters. The van der Waals surface area contributed by atoms with Gasteiger partial charge in [0.25, 0.3) is 0 Å². The molecule has 0 unspecified atom stereocenters. The summed E-state index contributed by atoms with van der Waals surface area (Å²) in [6, 6.07) is 9.10. The van der Waals surface area contributed by atoms with Crippen LogP contribution in [0.25, 0.3) is 0 Å². The van der Waals surface area contributed by atoms with Crippen LogP contribution in [0.5, 0.6) is 0 Å². The van der Waals surface area contributed by atoms with Crippen LogP contribution in [0.3, 0.4) is 0 Å². The summed E-state index contributed by atoms with van der Waals surface area (Å²) in [5.74, 6) is 0. The van der Waals surface area contributed by atoms with Crippen molar-refractivity contribution < 1.29 is 15.0 Å². The first-order valence-corrected chi connectivity index (χ1v) is 4.51. The maximum atomic E-state index is 10.0. The van der Waals surface area contributed by atoms with Crippen LogP contribution in [0.4, 0.5) is 0 Å². The molecule has 1 aliphatic rings. The lowest BCUT2D eigenvalue weighted by molar-refractivity contribution is 0.112. The van der Waals surface area contributed by atoms with Gasteiger partial charge in [0.1, 0.15) is 6.29 Å². The van der Waals surface area contributed by atoms with E-state index in [-0.39, 0.29) is 5.48 Å². The highest BCUT2D eigenvalue weighted by atomic mass is 16.5. The Balaban J connectivity index is 0.000000246. The number of ether oxygens (including phenoxy) is 1. The number of hydrogen-bond acceptors (Lipinski definition) is 2. The Morgan fingerprint density at radius 2 is 1.64 bits per heavy atom. The highest BCUT2D eigenvalue weighted by Crippen LogP contribution is 1.98. The molecule has 0 saturated carbocycles. The van der Waals surface area contributed by atoms with E-state index in [4.69, 9.17) is 4.74 Å². The molecule has 2 rings (SSSR count). The summed E-state index contributed by atoms with van der Waals surface area (Å²) in [5, 5.41) is 0. The van der Waals surface area contributed by atoms with Gasteiger partial charge in [0.05, 0.1) is 0 Å². The highest BCUT2D eigenvalue weighted by molar-refractivity contribution is 5.74. The summed E-state index contributed by atoms with van der Waals surface area (Å²) in [6.45, 7) is 2.00. The quantitative estimate of drug-likeness (QED) is 0.638. The van der Waals surface area contributed by atoms with Crippen molar-refractivity contribution in [3.63, 3.8) is 0 Å². The average molecular weight is 196 g/mol. The summed E-state index contributed by atoms with van der Waals surface area (Å²) in [6.07, 6.45) is 3.39. The number of rotatable bonds is 1. The maximum absolute atomic E-state index is 10.0. The number of benzene rings is 1. The topological polar surface area (TPSA) is 57.8 Å². The van der Waals surface area contributed by atoms with E-state index in [1.54, 1.807) is 12.1 Å². The molecule has 2 N–H and O–H groups in total. The molecule has 1 heterocycles. The summed E-state index contributed by atoms with van der Waals surface area (Å²) in [4.78, 5) is 10.0. The second-order valence-electron chi connectivity index (χ2n) is 2.85. The molecule has 1 aromatic rings. The van der Waals surface area contributed by atoms with E-state index in [1.165, 1.54) is 12.8 Å². The molecule has 1 aromatic carbocycles. The lowest BCUT2D eigenvalue weighted by atomic mass is 10.2. The molecule has 3 nitrogen and oxygen atoms in total. The van der Waals surface area contributed by atoms with Crippen molar-refractivity contribution in [3.8, 4) is 0 Å². The van der Waals surface area contributed by atoms with Gasteiger partial charge in [0.2, 0.25) is 0 Å². The van der Waals surface area contributed by atoms with Crippen LogP contribution in [0.2, 0.25) is 0 Å². The van der Waals surface area contributed by atoms with Crippen LogP contribution in [0.15, 0.2) is 30.3 Å². The molecule has 3 heteroatoms. The molecular formula is C11H16O3. The van der Waals surface area contributed by atoms with Crippen molar-refractivity contribution in [2.75, 3.05) is 13.2 Å². The van der Waals surface area contributed by atoms with Crippen LogP contribution in [0, 0.1) is 0 Å². The summed E-state index contributed by atoms with van der Waals surface area (Å²) < 4.78 is 4.94. The van der Waals surface area contributed by atoms with E-state index in [2.05, 4.69) is 0 Å². The molecule has 0 aliphatic carbocycles. The Morgan fingerprint density at radius 3 is 1.93 bits per heavy atom. The van der Waals surface area contributed by atoms with E-state index in [1.807, 2.05) is 18.2 Å². The molecule has 1 fully saturated rings. The van der Waals surface area contributed by atoms with Gasteiger partial charge in [-0.1, -0.05) is 30.3 Å². The normalized spacial score (nSPS) is 13.4. The molecule has 78 valence electrons. The summed E-state index contributed by atoms with van der Waals surface area (Å²) in [5.41, 5.74) is 0.729. The van der Waals surface area contributed by atoms with Gasteiger partial charge in [0.15, 0.2) is 0 Å². The predicted octanol–water partition coefficient (Wildman–Crippen LogP) is 1.47. The van der Waals surface area contributed by atoms with E-state index >= 15 is 0 Å². The van der Waals surface area contributed by atoms with E-state index in [9.17, 15) is 4.79 Å². The lowest BCUT2D eigenvalue weighted by Gasteiger charge is -1.81. The van der Waals surface area contributed by atoms with Crippen molar-refractivity contribution in [3.05, 3.63) is 35.9 Å². The minimum Gasteiger partial charge on any atom is -0.412 e. The predicted molar refractivity (Wildman–Crippen MR) is 55.5 cm³/mol. The van der Waals surface area contributed by atoms with Gasteiger partial charge in [-0.3, -0.25) is 4.79 Å². The number of aldehydes is 1. The molecular weight excluding hydrogens is 180 g/mol. The Labute approximate surface area is 84.0 Å². The largest absolute Gasteiger partial charge is 0.412 e. The van der Waals surface area contributed by atoms with Gasteiger partial charge in [0, 0.05) is 18.8 Å². The first kappa shape index (κ1) is 12.8. The van der Waals surface area contributed by atoms with Gasteiger partial charge < -0.3 is 10.2 Å². The van der Waals surface area contributed by atoms with Crippen LogP contribution in [0.1, 0.15) is 23.2 Å². The fraction of sp³-hybridized carbons (Fsp3) is 0.364. The van der Waals surface area contributed by atoms with Crippen molar-refractivity contribution >= 4 is 6.29 Å². The van der Waals surface area contributed by atoms with Gasteiger partial charge >= 0.3 is 0 Å². The van der Waals surface area contributed by atoms with Gasteiger partial charge in [-0.05, 0) is 12.8 Å². The van der Waals surface area contributed by atoms with Gasteiger partial charge in [-0.25, -0.2) is 0 Å². The Bertz CT molecular complexity index is 222. The number of carbonyl (C=O) groups is 1. The molecule has 1 saturated heterocycles. The van der Waals surface area contributed by atoms with Crippen LogP contribution < -0.4 is 0 Å². The van der Waals surface area contributed by atoms with E-state index < -0.39 is 0 Å². The highest BCUT2D eigenvalue weighted by Gasteiger charge is 1.94. The molecule has 0 spiro atoms. The fourth-order valence-electron chi connectivity index (χ4n) is 1.04. The van der Waals surface area contributed by atoms with Crippen molar-refractivity contribution in [1.82, 2.24) is 0 Å². The van der Waals surface area contributed by atoms with Gasteiger partial charge in [-0.2, -0.15) is 0 Å². The van der Waals surface area contributed by atoms with E-state index in [0.717, 1.165) is 25.1 Å². The minimum atomic E-state index is 0. The second-order valence-corrected chi connectivity index (χ2v) is 2.85. The molecule has 0 amide bonds. The second kappa shape index (κ2) is 8.41. The SMILES string of the molecule is C1CCOC1.O.O=Cc1ccccc1. The first-order valence-electron chi connectivity index (χ1n) is 4.51. The first-order chi connectivity index (χ1) is 6.43. The average Bonchev–Trinajstić information content (AvgIpc) is 2.77. The van der Waals surface area contributed by atoms with Crippen LogP contribution in [-0.4, -0.2) is 25.0 Å². The molecule has 14 heavy (non-hydrogen) atoms. The van der Waals surface area contributed by atoms with Crippen LogP contribution >= 0.6 is 0 Å². The van der Waals surface area contributed by atoms with Crippen molar-refractivity contribution in [2.45, 2.75) is 12.8 Å². The summed E-state index contributed by atoms with van der Waals surface area (Å²) in [7, 11) is 0. The lowest BCUT2D eigenvalue weighted by Crippen LogP contribution is -1.74. The molecule has 0 aromatic heterocycles. The van der Waals surface area contributed by atoms with E-state index in [0.29, 0.717) is 0 Å². The Hall–Kier alpha value is -1.19. The monoisotopic (exact) mass is 196 g/mol.